The molecule has 0 bridgehead atoms. The van der Waals surface area contributed by atoms with Crippen molar-refractivity contribution in [3.05, 3.63) is 36.6 Å². The van der Waals surface area contributed by atoms with E-state index >= 15 is 0 Å². The average molecular weight is 322 g/mol. The minimum absolute atomic E-state index is 0.0878. The quantitative estimate of drug-likeness (QED) is 0.330. The van der Waals surface area contributed by atoms with Crippen LogP contribution in [-0.4, -0.2) is 31.5 Å². The van der Waals surface area contributed by atoms with Gasteiger partial charge in [-0.1, -0.05) is 44.2 Å². The second-order valence-electron chi connectivity index (χ2n) is 4.99. The Morgan fingerprint density at radius 3 is 2.26 bits per heavy atom. The summed E-state index contributed by atoms with van der Waals surface area (Å²) in [6, 6.07) is -0.575. The lowest BCUT2D eigenvalue weighted by molar-refractivity contribution is -0.130. The molecule has 0 aliphatic rings. The average Bonchev–Trinajstić information content (AvgIpc) is 2.56. The molecule has 0 aromatic carbocycles. The second-order valence-corrected chi connectivity index (χ2v) is 4.99. The van der Waals surface area contributed by atoms with Crippen LogP contribution in [0, 0.1) is 0 Å². The first-order valence-electron chi connectivity index (χ1n) is 8.23. The number of hydrogen-bond donors (Lipinski definition) is 2. The minimum Gasteiger partial charge on any atom is -0.492 e. The fraction of sp³-hybridized carbons (Fsp3) is 0.556. The Hall–Kier alpha value is -2.04. The van der Waals surface area contributed by atoms with Crippen LogP contribution in [0.4, 0.5) is 0 Å². The SMILES string of the molecule is CC/C=C/CC/C=C/C[C@H](NC(=O)CO/C=C/CC)C(=O)NC. The number of likely N-dealkylation sites (N-methyl/N-ethyl adjacent to an activating group) is 1. The van der Waals surface area contributed by atoms with E-state index < -0.39 is 6.04 Å². The number of unbranched alkanes of at least 4 members (excludes halogenated alkanes) is 1. The van der Waals surface area contributed by atoms with Crippen LogP contribution in [0.1, 0.15) is 46.0 Å². The van der Waals surface area contributed by atoms with Gasteiger partial charge in [-0.25, -0.2) is 0 Å². The molecule has 130 valence electrons. The predicted molar refractivity (Wildman–Crippen MR) is 93.8 cm³/mol. The summed E-state index contributed by atoms with van der Waals surface area (Å²) in [5.74, 6) is -0.517. The van der Waals surface area contributed by atoms with Crippen LogP contribution >= 0.6 is 0 Å². The third-order valence-corrected chi connectivity index (χ3v) is 2.98. The Kier molecular flexibility index (Phi) is 13.6. The highest BCUT2D eigenvalue weighted by Crippen LogP contribution is 1.99. The highest BCUT2D eigenvalue weighted by Gasteiger charge is 2.17. The van der Waals surface area contributed by atoms with Crippen molar-refractivity contribution in [1.82, 2.24) is 10.6 Å². The van der Waals surface area contributed by atoms with E-state index in [9.17, 15) is 9.59 Å². The van der Waals surface area contributed by atoms with Crippen molar-refractivity contribution in [2.24, 2.45) is 0 Å². The van der Waals surface area contributed by atoms with Crippen LogP contribution in [0.25, 0.3) is 0 Å². The zero-order valence-electron chi connectivity index (χ0n) is 14.5. The van der Waals surface area contributed by atoms with Gasteiger partial charge in [0.25, 0.3) is 5.91 Å². The van der Waals surface area contributed by atoms with Crippen LogP contribution < -0.4 is 10.6 Å². The maximum absolute atomic E-state index is 11.8. The summed E-state index contributed by atoms with van der Waals surface area (Å²) in [5.41, 5.74) is 0. The van der Waals surface area contributed by atoms with Crippen molar-refractivity contribution in [1.29, 1.82) is 0 Å². The second kappa shape index (κ2) is 14.9. The molecule has 0 spiro atoms. The van der Waals surface area contributed by atoms with Crippen molar-refractivity contribution in [3.8, 4) is 0 Å². The summed E-state index contributed by atoms with van der Waals surface area (Å²) in [4.78, 5) is 23.6. The van der Waals surface area contributed by atoms with Gasteiger partial charge in [0.05, 0.1) is 6.26 Å². The smallest absolute Gasteiger partial charge is 0.258 e. The number of hydrogen-bond acceptors (Lipinski definition) is 3. The lowest BCUT2D eigenvalue weighted by atomic mass is 10.1. The van der Waals surface area contributed by atoms with Gasteiger partial charge in [0.15, 0.2) is 6.61 Å². The summed E-state index contributed by atoms with van der Waals surface area (Å²) in [6.07, 6.45) is 15.8. The molecule has 5 heteroatoms. The normalized spacial score (nSPS) is 12.8. The lowest BCUT2D eigenvalue weighted by Crippen LogP contribution is -2.46. The first-order chi connectivity index (χ1) is 11.2. The summed E-state index contributed by atoms with van der Waals surface area (Å²) in [6.45, 7) is 3.99. The molecule has 0 fully saturated rings. The molecule has 0 saturated heterocycles. The molecule has 2 amide bonds. The van der Waals surface area contributed by atoms with Crippen LogP contribution in [0.5, 0.6) is 0 Å². The summed E-state index contributed by atoms with van der Waals surface area (Å²) < 4.78 is 5.08. The molecule has 0 saturated carbocycles. The van der Waals surface area contributed by atoms with E-state index in [2.05, 4.69) is 29.7 Å². The van der Waals surface area contributed by atoms with Crippen molar-refractivity contribution < 1.29 is 14.3 Å². The Morgan fingerprint density at radius 2 is 1.65 bits per heavy atom. The van der Waals surface area contributed by atoms with E-state index in [0.29, 0.717) is 6.42 Å². The Morgan fingerprint density at radius 1 is 1.00 bits per heavy atom. The molecule has 0 unspecified atom stereocenters. The molecule has 0 radical (unpaired) electrons. The molecule has 2 N–H and O–H groups in total. The zero-order valence-corrected chi connectivity index (χ0v) is 14.5. The molecular formula is C18H30N2O3. The molecule has 0 aliphatic carbocycles. The van der Waals surface area contributed by atoms with Crippen LogP contribution in [-0.2, 0) is 14.3 Å². The highest BCUT2D eigenvalue weighted by molar-refractivity contribution is 5.88. The number of ether oxygens (including phenoxy) is 1. The van der Waals surface area contributed by atoms with Crippen LogP contribution in [0.2, 0.25) is 0 Å². The number of nitrogens with one attached hydrogen (secondary N) is 2. The molecule has 0 aromatic rings. The fourth-order valence-electron chi connectivity index (χ4n) is 1.76. The molecule has 1 atom stereocenters. The van der Waals surface area contributed by atoms with Crippen LogP contribution in [0.3, 0.4) is 0 Å². The molecule has 5 nitrogen and oxygen atoms in total. The number of rotatable bonds is 12. The molecule has 0 rings (SSSR count). The van der Waals surface area contributed by atoms with Gasteiger partial charge in [-0.05, 0) is 32.1 Å². The molecule has 0 heterocycles. The maximum Gasteiger partial charge on any atom is 0.258 e. The van der Waals surface area contributed by atoms with Gasteiger partial charge in [0.2, 0.25) is 5.91 Å². The zero-order chi connectivity index (χ0) is 17.3. The summed E-state index contributed by atoms with van der Waals surface area (Å²) in [5, 5.41) is 5.24. The molecular weight excluding hydrogens is 292 g/mol. The highest BCUT2D eigenvalue weighted by atomic mass is 16.5. The van der Waals surface area contributed by atoms with E-state index in [1.54, 1.807) is 7.05 Å². The van der Waals surface area contributed by atoms with E-state index in [0.717, 1.165) is 25.7 Å². The minimum atomic E-state index is -0.575. The van der Waals surface area contributed by atoms with Gasteiger partial charge >= 0.3 is 0 Å². The Bertz CT molecular complexity index is 414. The fourth-order valence-corrected chi connectivity index (χ4v) is 1.76. The largest absolute Gasteiger partial charge is 0.492 e. The van der Waals surface area contributed by atoms with E-state index in [1.807, 2.05) is 25.2 Å². The Balaban J connectivity index is 4.23. The van der Waals surface area contributed by atoms with Crippen molar-refractivity contribution in [2.45, 2.75) is 52.0 Å². The number of carbonyl (C=O) groups excluding carboxylic acids is 2. The maximum atomic E-state index is 11.8. The van der Waals surface area contributed by atoms with Crippen molar-refractivity contribution in [3.63, 3.8) is 0 Å². The third-order valence-electron chi connectivity index (χ3n) is 2.98. The Labute approximate surface area is 139 Å². The van der Waals surface area contributed by atoms with E-state index in [4.69, 9.17) is 4.74 Å². The molecule has 23 heavy (non-hydrogen) atoms. The van der Waals surface area contributed by atoms with Crippen molar-refractivity contribution in [2.75, 3.05) is 13.7 Å². The summed E-state index contributed by atoms with van der Waals surface area (Å²) >= 11 is 0. The molecule has 0 aliphatic heterocycles. The van der Waals surface area contributed by atoms with Crippen molar-refractivity contribution >= 4 is 11.8 Å². The van der Waals surface area contributed by atoms with Crippen LogP contribution in [0.15, 0.2) is 36.6 Å². The third kappa shape index (κ3) is 12.2. The van der Waals surface area contributed by atoms with E-state index in [1.165, 1.54) is 6.26 Å². The first-order valence-corrected chi connectivity index (χ1v) is 8.23. The number of amides is 2. The van der Waals surface area contributed by atoms with Gasteiger partial charge in [0, 0.05) is 7.05 Å². The van der Waals surface area contributed by atoms with Gasteiger partial charge in [0.1, 0.15) is 6.04 Å². The predicted octanol–water partition coefficient (Wildman–Crippen LogP) is 2.85. The number of allylic oxidation sites excluding steroid dienone is 4. The standard InChI is InChI=1S/C18H30N2O3/c1-4-6-8-9-10-11-12-13-16(18(22)19-3)20-17(21)15-23-14-7-5-2/h6-8,11-12,14,16H,4-5,9-10,13,15H2,1-3H3,(H,19,22)(H,20,21)/b8-6+,12-11+,14-7+/t16-/m0/s1. The topological polar surface area (TPSA) is 67.4 Å². The van der Waals surface area contributed by atoms with Gasteiger partial charge in [-0.15, -0.1) is 0 Å². The molecule has 0 aromatic heterocycles. The van der Waals surface area contributed by atoms with Gasteiger partial charge < -0.3 is 15.4 Å². The lowest BCUT2D eigenvalue weighted by Gasteiger charge is -2.15. The van der Waals surface area contributed by atoms with Gasteiger partial charge in [-0.3, -0.25) is 9.59 Å². The summed E-state index contributed by atoms with van der Waals surface area (Å²) in [7, 11) is 1.56. The monoisotopic (exact) mass is 322 g/mol. The number of carbonyl (C=O) groups is 2. The van der Waals surface area contributed by atoms with E-state index in [-0.39, 0.29) is 18.4 Å². The first kappa shape index (κ1) is 21.0. The van der Waals surface area contributed by atoms with Gasteiger partial charge in [-0.2, -0.15) is 0 Å².